The zero-order chi connectivity index (χ0) is 20.2. The van der Waals surface area contributed by atoms with Crippen molar-refractivity contribution in [2.45, 2.75) is 18.9 Å². The fourth-order valence-corrected chi connectivity index (χ4v) is 4.03. The number of fused-ring (bicyclic) bond motifs is 1. The molecular formula is C24H25NO4. The molecule has 1 atom stereocenters. The molecule has 0 radical (unpaired) electrons. The smallest absolute Gasteiger partial charge is 0.261 e. The van der Waals surface area contributed by atoms with Gasteiger partial charge in [0.15, 0.2) is 6.61 Å². The second kappa shape index (κ2) is 8.43. The van der Waals surface area contributed by atoms with E-state index in [1.807, 2.05) is 65.6 Å². The van der Waals surface area contributed by atoms with Crippen molar-refractivity contribution in [2.24, 2.45) is 0 Å². The summed E-state index contributed by atoms with van der Waals surface area (Å²) in [6, 6.07) is 19.6. The summed E-state index contributed by atoms with van der Waals surface area (Å²) in [4.78, 5) is 14.9. The molecule has 1 saturated heterocycles. The fourth-order valence-electron chi connectivity index (χ4n) is 4.03. The monoisotopic (exact) mass is 391 g/mol. The standard InChI is InChI=1S/C24H25NO4/c1-27-18-12-13-22(28-2)20(15-18)21-10-6-14-25(21)24(26)16-29-23-11-5-8-17-7-3-4-9-19(17)23/h3-5,7-9,11-13,15,21H,6,10,14,16H2,1-2H3/t21-/m0/s1. The molecule has 0 bridgehead atoms. The van der Waals surface area contributed by atoms with Crippen LogP contribution in [0.3, 0.4) is 0 Å². The molecule has 5 heteroatoms. The van der Waals surface area contributed by atoms with E-state index in [9.17, 15) is 4.79 Å². The lowest BCUT2D eigenvalue weighted by Crippen LogP contribution is -2.34. The lowest BCUT2D eigenvalue weighted by atomic mass is 10.0. The summed E-state index contributed by atoms with van der Waals surface area (Å²) < 4.78 is 16.8. The highest BCUT2D eigenvalue weighted by Gasteiger charge is 2.32. The quantitative estimate of drug-likeness (QED) is 0.616. The Balaban J connectivity index is 1.53. The van der Waals surface area contributed by atoms with Crippen molar-refractivity contribution in [1.29, 1.82) is 0 Å². The lowest BCUT2D eigenvalue weighted by Gasteiger charge is -2.26. The lowest BCUT2D eigenvalue weighted by molar-refractivity contribution is -0.134. The van der Waals surface area contributed by atoms with Gasteiger partial charge in [-0.15, -0.1) is 0 Å². The zero-order valence-electron chi connectivity index (χ0n) is 16.8. The van der Waals surface area contributed by atoms with Crippen LogP contribution >= 0.6 is 0 Å². The van der Waals surface area contributed by atoms with Crippen molar-refractivity contribution in [1.82, 2.24) is 4.90 Å². The van der Waals surface area contributed by atoms with Crippen LogP contribution < -0.4 is 14.2 Å². The van der Waals surface area contributed by atoms with Crippen molar-refractivity contribution in [2.75, 3.05) is 27.4 Å². The highest BCUT2D eigenvalue weighted by atomic mass is 16.5. The molecule has 29 heavy (non-hydrogen) atoms. The van der Waals surface area contributed by atoms with E-state index in [-0.39, 0.29) is 18.6 Å². The Kier molecular flexibility index (Phi) is 5.56. The average Bonchev–Trinajstić information content (AvgIpc) is 3.26. The molecule has 0 unspecified atom stereocenters. The number of carbonyl (C=O) groups is 1. The highest BCUT2D eigenvalue weighted by molar-refractivity contribution is 5.88. The number of likely N-dealkylation sites (tertiary alicyclic amines) is 1. The molecule has 3 aromatic rings. The van der Waals surface area contributed by atoms with Crippen LogP contribution in [0.15, 0.2) is 60.7 Å². The Morgan fingerprint density at radius 3 is 2.66 bits per heavy atom. The van der Waals surface area contributed by atoms with Crippen molar-refractivity contribution >= 4 is 16.7 Å². The third-order valence-electron chi connectivity index (χ3n) is 5.47. The molecular weight excluding hydrogens is 366 g/mol. The molecule has 0 saturated carbocycles. The van der Waals surface area contributed by atoms with Gasteiger partial charge in [-0.2, -0.15) is 0 Å². The number of ether oxygens (including phenoxy) is 3. The van der Waals surface area contributed by atoms with Gasteiger partial charge in [-0.1, -0.05) is 36.4 Å². The Labute approximate surface area is 170 Å². The van der Waals surface area contributed by atoms with E-state index in [1.165, 1.54) is 0 Å². The number of hydrogen-bond donors (Lipinski definition) is 0. The van der Waals surface area contributed by atoms with Gasteiger partial charge in [0, 0.05) is 17.5 Å². The van der Waals surface area contributed by atoms with Crippen LogP contribution in [0.2, 0.25) is 0 Å². The fraction of sp³-hybridized carbons (Fsp3) is 0.292. The maximum atomic E-state index is 13.0. The van der Waals surface area contributed by atoms with Crippen molar-refractivity contribution < 1.29 is 19.0 Å². The molecule has 1 fully saturated rings. The maximum absolute atomic E-state index is 13.0. The van der Waals surface area contributed by atoms with Crippen molar-refractivity contribution in [3.63, 3.8) is 0 Å². The van der Waals surface area contributed by atoms with E-state index in [0.717, 1.165) is 46.4 Å². The van der Waals surface area contributed by atoms with Crippen LogP contribution in [0.5, 0.6) is 17.2 Å². The summed E-state index contributed by atoms with van der Waals surface area (Å²) in [7, 11) is 3.29. The number of nitrogens with zero attached hydrogens (tertiary/aromatic N) is 1. The van der Waals surface area contributed by atoms with Gasteiger partial charge in [0.1, 0.15) is 17.2 Å². The molecule has 0 spiro atoms. The van der Waals surface area contributed by atoms with Gasteiger partial charge in [-0.25, -0.2) is 0 Å². The van der Waals surface area contributed by atoms with Gasteiger partial charge < -0.3 is 19.1 Å². The Hall–Kier alpha value is -3.21. The summed E-state index contributed by atoms with van der Waals surface area (Å²) in [6.07, 6.45) is 1.84. The van der Waals surface area contributed by atoms with E-state index in [4.69, 9.17) is 14.2 Å². The minimum atomic E-state index is -0.0383. The molecule has 1 heterocycles. The number of methoxy groups -OCH3 is 2. The number of rotatable bonds is 6. The van der Waals surface area contributed by atoms with Crippen LogP contribution in [0.25, 0.3) is 10.8 Å². The second-order valence-electron chi connectivity index (χ2n) is 7.12. The first kappa shape index (κ1) is 19.1. The number of benzene rings is 3. The molecule has 0 aliphatic carbocycles. The van der Waals surface area contributed by atoms with E-state index < -0.39 is 0 Å². The molecule has 3 aromatic carbocycles. The molecule has 4 rings (SSSR count). The Morgan fingerprint density at radius 1 is 1.00 bits per heavy atom. The number of carbonyl (C=O) groups excluding carboxylic acids is 1. The van der Waals surface area contributed by atoms with Gasteiger partial charge in [-0.3, -0.25) is 4.79 Å². The minimum absolute atomic E-state index is 0.0107. The van der Waals surface area contributed by atoms with Crippen molar-refractivity contribution in [3.8, 4) is 17.2 Å². The first-order valence-electron chi connectivity index (χ1n) is 9.83. The molecule has 1 amide bonds. The summed E-state index contributed by atoms with van der Waals surface area (Å²) in [5.41, 5.74) is 0.975. The van der Waals surface area contributed by atoms with Crippen LogP contribution in [-0.2, 0) is 4.79 Å². The Morgan fingerprint density at radius 2 is 1.83 bits per heavy atom. The zero-order valence-corrected chi connectivity index (χ0v) is 16.8. The highest BCUT2D eigenvalue weighted by Crippen LogP contribution is 2.39. The van der Waals surface area contributed by atoms with Gasteiger partial charge in [0.05, 0.1) is 20.3 Å². The topological polar surface area (TPSA) is 48.0 Å². The normalized spacial score (nSPS) is 16.1. The Bertz CT molecular complexity index is 1010. The molecule has 1 aliphatic rings. The minimum Gasteiger partial charge on any atom is -0.497 e. The van der Waals surface area contributed by atoms with Gasteiger partial charge >= 0.3 is 0 Å². The number of amides is 1. The van der Waals surface area contributed by atoms with E-state index >= 15 is 0 Å². The first-order chi connectivity index (χ1) is 14.2. The van der Waals surface area contributed by atoms with Crippen LogP contribution in [0.4, 0.5) is 0 Å². The van der Waals surface area contributed by atoms with E-state index in [1.54, 1.807) is 14.2 Å². The predicted octanol–water partition coefficient (Wildman–Crippen LogP) is 4.60. The third kappa shape index (κ3) is 3.86. The first-order valence-corrected chi connectivity index (χ1v) is 9.83. The van der Waals surface area contributed by atoms with Gasteiger partial charge in [0.2, 0.25) is 0 Å². The van der Waals surface area contributed by atoms with E-state index in [2.05, 4.69) is 0 Å². The molecule has 5 nitrogen and oxygen atoms in total. The summed E-state index contributed by atoms with van der Waals surface area (Å²) in [5, 5.41) is 2.10. The van der Waals surface area contributed by atoms with Crippen LogP contribution in [0.1, 0.15) is 24.4 Å². The SMILES string of the molecule is COc1ccc(OC)c([C@@H]2CCCN2C(=O)COc2cccc3ccccc23)c1. The third-order valence-corrected chi connectivity index (χ3v) is 5.47. The largest absolute Gasteiger partial charge is 0.497 e. The molecule has 1 aliphatic heterocycles. The summed E-state index contributed by atoms with van der Waals surface area (Å²) in [5.74, 6) is 2.23. The molecule has 0 aromatic heterocycles. The number of hydrogen-bond acceptors (Lipinski definition) is 4. The average molecular weight is 391 g/mol. The van der Waals surface area contributed by atoms with Gasteiger partial charge in [-0.05, 0) is 42.5 Å². The molecule has 0 N–H and O–H groups in total. The van der Waals surface area contributed by atoms with E-state index in [0.29, 0.717) is 6.54 Å². The van der Waals surface area contributed by atoms with Crippen molar-refractivity contribution in [3.05, 3.63) is 66.2 Å². The second-order valence-corrected chi connectivity index (χ2v) is 7.12. The van der Waals surface area contributed by atoms with Crippen LogP contribution in [0, 0.1) is 0 Å². The van der Waals surface area contributed by atoms with Crippen LogP contribution in [-0.4, -0.2) is 38.2 Å². The molecule has 150 valence electrons. The summed E-state index contributed by atoms with van der Waals surface area (Å²) >= 11 is 0. The predicted molar refractivity (Wildman–Crippen MR) is 113 cm³/mol. The summed E-state index contributed by atoms with van der Waals surface area (Å²) in [6.45, 7) is 0.722. The maximum Gasteiger partial charge on any atom is 0.261 e. The van der Waals surface area contributed by atoms with Gasteiger partial charge in [0.25, 0.3) is 5.91 Å².